The largest absolute Gasteiger partial charge is 0.477 e. The molecule has 2 unspecified atom stereocenters. The van der Waals surface area contributed by atoms with Crippen molar-refractivity contribution >= 4 is 17.9 Å². The topological polar surface area (TPSA) is 99.1 Å². The van der Waals surface area contributed by atoms with Crippen LogP contribution < -0.4 is 0 Å². The average Bonchev–Trinajstić information content (AvgIpc) is 3.15. The highest BCUT2D eigenvalue weighted by Crippen LogP contribution is 2.12. The number of hydrogen-bond donors (Lipinski definition) is 1. The molecular weight excluding hydrogens is 703 g/mol. The Bertz CT molecular complexity index is 1230. The lowest BCUT2D eigenvalue weighted by Gasteiger charge is -2.31. The third-order valence-electron chi connectivity index (χ3n) is 8.79. The zero-order valence-electron chi connectivity index (χ0n) is 35.8. The summed E-state index contributed by atoms with van der Waals surface area (Å²) >= 11 is 0. The van der Waals surface area contributed by atoms with Gasteiger partial charge in [0.15, 0.2) is 12.1 Å². The lowest BCUT2D eigenvalue weighted by Crippen LogP contribution is -2.50. The Hall–Kier alpha value is -3.75. The Kier molecular flexibility index (Phi) is 35.6. The third-order valence-corrected chi connectivity index (χ3v) is 8.79. The molecule has 0 aliphatic carbocycles. The molecule has 8 heteroatoms. The van der Waals surface area contributed by atoms with E-state index in [1.165, 1.54) is 0 Å². The molecule has 0 radical (unpaired) electrons. The Morgan fingerprint density at radius 1 is 0.554 bits per heavy atom. The fourth-order valence-electron chi connectivity index (χ4n) is 5.53. The van der Waals surface area contributed by atoms with Crippen LogP contribution >= 0.6 is 0 Å². The molecule has 0 fully saturated rings. The van der Waals surface area contributed by atoms with Gasteiger partial charge >= 0.3 is 17.9 Å². The number of hydrogen-bond acceptors (Lipinski definition) is 6. The fourth-order valence-corrected chi connectivity index (χ4v) is 5.53. The molecule has 1 N–H and O–H groups in total. The zero-order chi connectivity index (χ0) is 41.4. The van der Waals surface area contributed by atoms with Crippen molar-refractivity contribution in [2.24, 2.45) is 0 Å². The minimum Gasteiger partial charge on any atom is -0.477 e. The number of aliphatic carboxylic acids is 1. The molecule has 8 nitrogen and oxygen atoms in total. The quantitative estimate of drug-likeness (QED) is 0.0222. The number of unbranched alkanes of at least 4 members (excludes halogenated alkanes) is 8. The molecule has 0 amide bonds. The van der Waals surface area contributed by atoms with Crippen molar-refractivity contribution in [1.29, 1.82) is 0 Å². The van der Waals surface area contributed by atoms with E-state index in [-0.39, 0.29) is 42.7 Å². The Morgan fingerprint density at radius 3 is 1.61 bits per heavy atom. The van der Waals surface area contributed by atoms with Gasteiger partial charge in [-0.05, 0) is 77.0 Å². The van der Waals surface area contributed by atoms with Crippen molar-refractivity contribution in [2.75, 3.05) is 41.0 Å². The van der Waals surface area contributed by atoms with Gasteiger partial charge in [-0.25, -0.2) is 4.79 Å². The van der Waals surface area contributed by atoms with Gasteiger partial charge in [0, 0.05) is 19.3 Å². The lowest BCUT2D eigenvalue weighted by molar-refractivity contribution is -0.887. The second-order valence-corrected chi connectivity index (χ2v) is 14.9. The van der Waals surface area contributed by atoms with E-state index in [0.29, 0.717) is 19.3 Å². The normalized spacial score (nSPS) is 13.9. The van der Waals surface area contributed by atoms with Crippen molar-refractivity contribution in [3.8, 4) is 0 Å². The Balaban J connectivity index is 4.48. The van der Waals surface area contributed by atoms with Crippen molar-refractivity contribution in [3.63, 3.8) is 0 Å². The summed E-state index contributed by atoms with van der Waals surface area (Å²) in [6.07, 6.45) is 50.2. The molecule has 56 heavy (non-hydrogen) atoms. The molecule has 0 saturated heterocycles. The van der Waals surface area contributed by atoms with E-state index in [0.717, 1.165) is 96.3 Å². The first-order valence-corrected chi connectivity index (χ1v) is 21.3. The minimum atomic E-state index is -0.889. The summed E-state index contributed by atoms with van der Waals surface area (Å²) in [7, 11) is 5.49. The molecule has 0 spiro atoms. The highest BCUT2D eigenvalue weighted by atomic mass is 16.6. The number of likely N-dealkylation sites (N-methyl/N-ethyl adjacent to an activating group) is 1. The number of quaternary nitrogens is 1. The number of carboxylic acid groups (broad SMARTS) is 1. The molecule has 0 aromatic heterocycles. The van der Waals surface area contributed by atoms with Gasteiger partial charge in [-0.3, -0.25) is 9.59 Å². The maximum Gasteiger partial charge on any atom is 0.362 e. The Labute approximate surface area is 341 Å². The van der Waals surface area contributed by atoms with Crippen LogP contribution in [0.2, 0.25) is 0 Å². The van der Waals surface area contributed by atoms with Crippen molar-refractivity contribution in [2.45, 2.75) is 148 Å². The zero-order valence-corrected chi connectivity index (χ0v) is 35.8. The van der Waals surface area contributed by atoms with Crippen LogP contribution in [0.3, 0.4) is 0 Å². The average molecular weight is 781 g/mol. The van der Waals surface area contributed by atoms with E-state index in [9.17, 15) is 19.5 Å². The molecule has 0 bridgehead atoms. The van der Waals surface area contributed by atoms with Crippen LogP contribution in [0.4, 0.5) is 0 Å². The summed E-state index contributed by atoms with van der Waals surface area (Å²) in [5.41, 5.74) is 0. The van der Waals surface area contributed by atoms with Crippen molar-refractivity contribution in [1.82, 2.24) is 0 Å². The van der Waals surface area contributed by atoms with Crippen LogP contribution in [-0.2, 0) is 28.6 Å². The van der Waals surface area contributed by atoms with Gasteiger partial charge in [-0.1, -0.05) is 137 Å². The van der Waals surface area contributed by atoms with Gasteiger partial charge in [0.25, 0.3) is 0 Å². The van der Waals surface area contributed by atoms with E-state index < -0.39 is 18.1 Å². The SMILES string of the molecule is CC/C=C/C=C/C=C/CCCCCCCC(=O)OCC(COCCC(C(=O)O)[N+](C)(C)C)OC(=O)CCCCC/C=C/C/C=C/C/C=C/C/C=C/C/C=C/CC. The maximum absolute atomic E-state index is 12.7. The van der Waals surface area contributed by atoms with Crippen LogP contribution in [0.25, 0.3) is 0 Å². The van der Waals surface area contributed by atoms with E-state index in [2.05, 4.69) is 98.9 Å². The highest BCUT2D eigenvalue weighted by Gasteiger charge is 2.31. The standard InChI is InChI=1S/C48H77NO7/c1-6-8-10-12-14-16-18-20-21-22-23-24-25-27-29-31-33-35-37-39-47(51)56-44(42-54-41-40-45(48(52)53)49(3,4)5)43-55-46(50)38-36-34-32-30-28-26-19-17-15-13-11-9-7-2/h8-11,13-17,19-21,23-24,27,29,44-45H,6-7,12,18,22,25-26,28,30-43H2,1-5H3/p+1/b10-8+,11-9+,15-13+,16-14+,19-17+,21-20+,24-23+,29-27+. The second-order valence-electron chi connectivity index (χ2n) is 14.9. The first kappa shape index (κ1) is 52.2. The molecule has 0 saturated carbocycles. The predicted molar refractivity (Wildman–Crippen MR) is 233 cm³/mol. The highest BCUT2D eigenvalue weighted by molar-refractivity contribution is 5.72. The number of allylic oxidation sites excluding steroid dienone is 16. The summed E-state index contributed by atoms with van der Waals surface area (Å²) < 4.78 is 17.2. The minimum absolute atomic E-state index is 0.0340. The maximum atomic E-state index is 12.7. The van der Waals surface area contributed by atoms with Gasteiger partial charge in [0.05, 0.1) is 34.4 Å². The summed E-state index contributed by atoms with van der Waals surface area (Å²) in [4.78, 5) is 36.9. The molecule has 2 atom stereocenters. The summed E-state index contributed by atoms with van der Waals surface area (Å²) in [5, 5.41) is 9.61. The lowest BCUT2D eigenvalue weighted by atomic mass is 10.1. The van der Waals surface area contributed by atoms with Gasteiger partial charge in [0.1, 0.15) is 6.61 Å². The molecule has 0 rings (SSSR count). The summed E-state index contributed by atoms with van der Waals surface area (Å²) in [5.74, 6) is -1.55. The number of nitrogens with zero attached hydrogens (tertiary/aromatic N) is 1. The number of carbonyl (C=O) groups excluding carboxylic acids is 2. The molecule has 0 heterocycles. The third kappa shape index (κ3) is 35.9. The van der Waals surface area contributed by atoms with Gasteiger partial charge < -0.3 is 23.8 Å². The van der Waals surface area contributed by atoms with Crippen LogP contribution in [0.15, 0.2) is 97.2 Å². The van der Waals surface area contributed by atoms with Crippen LogP contribution in [0, 0.1) is 0 Å². The van der Waals surface area contributed by atoms with Gasteiger partial charge in [-0.2, -0.15) is 0 Å². The molecule has 0 aromatic rings. The summed E-state index contributed by atoms with van der Waals surface area (Å²) in [6.45, 7) is 4.40. The first-order valence-electron chi connectivity index (χ1n) is 21.3. The van der Waals surface area contributed by atoms with E-state index in [4.69, 9.17) is 14.2 Å². The molecule has 0 aliphatic rings. The van der Waals surface area contributed by atoms with Gasteiger partial charge in [-0.15, -0.1) is 0 Å². The smallest absolute Gasteiger partial charge is 0.362 e. The van der Waals surface area contributed by atoms with E-state index >= 15 is 0 Å². The second kappa shape index (κ2) is 38.1. The van der Waals surface area contributed by atoms with Crippen LogP contribution in [0.5, 0.6) is 0 Å². The van der Waals surface area contributed by atoms with Gasteiger partial charge in [0.2, 0.25) is 0 Å². The number of esters is 2. The molecule has 316 valence electrons. The number of carboxylic acids is 1. The summed E-state index contributed by atoms with van der Waals surface area (Å²) in [6, 6.07) is -0.630. The molecule has 0 aliphatic heterocycles. The first-order chi connectivity index (χ1) is 27.1. The van der Waals surface area contributed by atoms with Crippen molar-refractivity contribution < 1.29 is 38.2 Å². The van der Waals surface area contributed by atoms with E-state index in [1.54, 1.807) is 0 Å². The Morgan fingerprint density at radius 2 is 1.04 bits per heavy atom. The van der Waals surface area contributed by atoms with Crippen LogP contribution in [0.1, 0.15) is 136 Å². The fraction of sp³-hybridized carbons (Fsp3) is 0.604. The van der Waals surface area contributed by atoms with Crippen molar-refractivity contribution in [3.05, 3.63) is 97.2 Å². The van der Waals surface area contributed by atoms with E-state index in [1.807, 2.05) is 33.3 Å². The molecular formula is C48H78NO7+. The molecule has 0 aromatic carbocycles. The number of carbonyl (C=O) groups is 3. The predicted octanol–water partition coefficient (Wildman–Crippen LogP) is 11.5. The van der Waals surface area contributed by atoms with Crippen LogP contribution in [-0.4, -0.2) is 80.6 Å². The monoisotopic (exact) mass is 781 g/mol. The number of rotatable bonds is 36. The number of ether oxygens (including phenoxy) is 3.